The molecule has 1 aliphatic heterocycles. The second-order valence-electron chi connectivity index (χ2n) is 5.42. The Morgan fingerprint density at radius 1 is 1.00 bits per heavy atom. The van der Waals surface area contributed by atoms with E-state index in [1.807, 2.05) is 6.07 Å². The van der Waals surface area contributed by atoms with Crippen molar-refractivity contribution in [2.75, 3.05) is 13.1 Å². The molecule has 3 rings (SSSR count). The van der Waals surface area contributed by atoms with E-state index in [-0.39, 0.29) is 0 Å². The van der Waals surface area contributed by atoms with E-state index in [9.17, 15) is 0 Å². The van der Waals surface area contributed by atoms with Crippen LogP contribution in [0.3, 0.4) is 0 Å². The van der Waals surface area contributed by atoms with Crippen molar-refractivity contribution in [3.8, 4) is 0 Å². The fourth-order valence-electron chi connectivity index (χ4n) is 3.09. The lowest BCUT2D eigenvalue weighted by atomic mass is 9.77. The number of piperidine rings is 1. The second kappa shape index (κ2) is 6.82. The molecular weight excluding hydrogens is 413 g/mol. The van der Waals surface area contributed by atoms with Gasteiger partial charge in [-0.25, -0.2) is 0 Å². The molecule has 2 aromatic carbocycles. The molecule has 0 aromatic heterocycles. The molecule has 1 heterocycles. The highest BCUT2D eigenvalue weighted by molar-refractivity contribution is 9.10. The lowest BCUT2D eigenvalue weighted by Gasteiger charge is -2.33. The summed E-state index contributed by atoms with van der Waals surface area (Å²) in [6, 6.07) is 14.8. The van der Waals surface area contributed by atoms with Gasteiger partial charge in [-0.1, -0.05) is 55.6 Å². The standard InChI is InChI=1S/C17H16Br2ClN/c18-12-3-1-11(2-4-12)16-10-21-8-7-14(16)15-9-13(20)5-6-17(15)19/h1-6,9,14,16,21H,7-8,10H2. The molecule has 2 aromatic rings. The van der Waals surface area contributed by atoms with E-state index in [1.54, 1.807) is 0 Å². The third-order valence-corrected chi connectivity index (χ3v) is 5.62. The minimum Gasteiger partial charge on any atom is -0.316 e. The van der Waals surface area contributed by atoms with Gasteiger partial charge < -0.3 is 5.32 Å². The Bertz CT molecular complexity index is 627. The summed E-state index contributed by atoms with van der Waals surface area (Å²) in [5.74, 6) is 0.960. The summed E-state index contributed by atoms with van der Waals surface area (Å²) < 4.78 is 2.27. The number of benzene rings is 2. The van der Waals surface area contributed by atoms with Gasteiger partial charge in [0, 0.05) is 26.4 Å². The number of nitrogens with one attached hydrogen (secondary N) is 1. The average molecular weight is 430 g/mol. The number of halogens is 3. The van der Waals surface area contributed by atoms with Gasteiger partial charge in [-0.05, 0) is 60.3 Å². The van der Waals surface area contributed by atoms with E-state index < -0.39 is 0 Å². The molecule has 0 bridgehead atoms. The summed E-state index contributed by atoms with van der Waals surface area (Å²) in [5, 5.41) is 4.33. The van der Waals surface area contributed by atoms with Crippen molar-refractivity contribution in [3.05, 3.63) is 67.6 Å². The number of rotatable bonds is 2. The Labute approximate surface area is 147 Å². The smallest absolute Gasteiger partial charge is 0.0409 e. The van der Waals surface area contributed by atoms with Crippen LogP contribution in [0.4, 0.5) is 0 Å². The van der Waals surface area contributed by atoms with Crippen LogP contribution in [-0.2, 0) is 0 Å². The molecule has 2 unspecified atom stereocenters. The first-order valence-electron chi connectivity index (χ1n) is 7.06. The van der Waals surface area contributed by atoms with Crippen molar-refractivity contribution >= 4 is 43.5 Å². The zero-order valence-corrected chi connectivity index (χ0v) is 15.4. The van der Waals surface area contributed by atoms with Crippen LogP contribution < -0.4 is 5.32 Å². The second-order valence-corrected chi connectivity index (χ2v) is 7.63. The normalized spacial score (nSPS) is 22.2. The van der Waals surface area contributed by atoms with E-state index in [2.05, 4.69) is 73.6 Å². The zero-order valence-electron chi connectivity index (χ0n) is 11.5. The van der Waals surface area contributed by atoms with Crippen molar-refractivity contribution in [1.29, 1.82) is 0 Å². The lowest BCUT2D eigenvalue weighted by molar-refractivity contribution is 0.403. The molecule has 21 heavy (non-hydrogen) atoms. The van der Waals surface area contributed by atoms with Crippen LogP contribution in [0.1, 0.15) is 29.4 Å². The van der Waals surface area contributed by atoms with Gasteiger partial charge in [-0.3, -0.25) is 0 Å². The van der Waals surface area contributed by atoms with Gasteiger partial charge in [-0.15, -0.1) is 0 Å². The van der Waals surface area contributed by atoms with Crippen LogP contribution in [0.15, 0.2) is 51.4 Å². The molecule has 1 saturated heterocycles. The molecule has 0 spiro atoms. The molecule has 0 radical (unpaired) electrons. The first kappa shape index (κ1) is 15.5. The predicted octanol–water partition coefficient (Wildman–Crippen LogP) is 5.73. The van der Waals surface area contributed by atoms with Gasteiger partial charge in [0.25, 0.3) is 0 Å². The highest BCUT2D eigenvalue weighted by atomic mass is 79.9. The fraction of sp³-hybridized carbons (Fsp3) is 0.294. The first-order chi connectivity index (χ1) is 10.1. The maximum atomic E-state index is 6.21. The molecule has 1 fully saturated rings. The third kappa shape index (κ3) is 3.53. The van der Waals surface area contributed by atoms with Crippen LogP contribution in [-0.4, -0.2) is 13.1 Å². The monoisotopic (exact) mass is 427 g/mol. The van der Waals surface area contributed by atoms with Crippen molar-refractivity contribution in [2.45, 2.75) is 18.3 Å². The highest BCUT2D eigenvalue weighted by Crippen LogP contribution is 2.41. The molecule has 1 N–H and O–H groups in total. The molecule has 0 saturated carbocycles. The average Bonchev–Trinajstić information content (AvgIpc) is 2.51. The third-order valence-electron chi connectivity index (χ3n) is 4.14. The highest BCUT2D eigenvalue weighted by Gasteiger charge is 2.29. The molecule has 2 atom stereocenters. The van der Waals surface area contributed by atoms with Crippen LogP contribution in [0, 0.1) is 0 Å². The van der Waals surface area contributed by atoms with Crippen molar-refractivity contribution in [1.82, 2.24) is 5.32 Å². The van der Waals surface area contributed by atoms with E-state index in [0.717, 1.165) is 33.5 Å². The molecule has 0 amide bonds. The Kier molecular flexibility index (Phi) is 5.05. The topological polar surface area (TPSA) is 12.0 Å². The summed E-state index contributed by atoms with van der Waals surface area (Å²) in [6.45, 7) is 2.06. The van der Waals surface area contributed by atoms with E-state index in [0.29, 0.717) is 11.8 Å². The maximum absolute atomic E-state index is 6.21. The van der Waals surface area contributed by atoms with Gasteiger partial charge in [0.2, 0.25) is 0 Å². The van der Waals surface area contributed by atoms with Gasteiger partial charge in [0.1, 0.15) is 0 Å². The SMILES string of the molecule is Clc1ccc(Br)c(C2CCNCC2c2ccc(Br)cc2)c1. The van der Waals surface area contributed by atoms with Crippen molar-refractivity contribution in [2.24, 2.45) is 0 Å². The van der Waals surface area contributed by atoms with Gasteiger partial charge in [-0.2, -0.15) is 0 Å². The molecule has 110 valence electrons. The lowest BCUT2D eigenvalue weighted by Crippen LogP contribution is -2.34. The van der Waals surface area contributed by atoms with Crippen LogP contribution in [0.2, 0.25) is 5.02 Å². The summed E-state index contributed by atoms with van der Waals surface area (Å²) in [7, 11) is 0. The minimum absolute atomic E-state index is 0.474. The number of hydrogen-bond acceptors (Lipinski definition) is 1. The quantitative estimate of drug-likeness (QED) is 0.643. The van der Waals surface area contributed by atoms with Gasteiger partial charge >= 0.3 is 0 Å². The summed E-state index contributed by atoms with van der Waals surface area (Å²) in [5.41, 5.74) is 2.69. The minimum atomic E-state index is 0.474. The molecule has 1 nitrogen and oxygen atoms in total. The van der Waals surface area contributed by atoms with Crippen molar-refractivity contribution in [3.63, 3.8) is 0 Å². The maximum Gasteiger partial charge on any atom is 0.0409 e. The molecule has 1 aliphatic rings. The van der Waals surface area contributed by atoms with Gasteiger partial charge in [0.15, 0.2) is 0 Å². The summed E-state index contributed by atoms with van der Waals surface area (Å²) >= 11 is 13.4. The Hall–Kier alpha value is -0.350. The van der Waals surface area contributed by atoms with Crippen molar-refractivity contribution < 1.29 is 0 Å². The van der Waals surface area contributed by atoms with E-state index in [4.69, 9.17) is 11.6 Å². The van der Waals surface area contributed by atoms with E-state index >= 15 is 0 Å². The Morgan fingerprint density at radius 2 is 1.76 bits per heavy atom. The predicted molar refractivity (Wildman–Crippen MR) is 96.3 cm³/mol. The van der Waals surface area contributed by atoms with Gasteiger partial charge in [0.05, 0.1) is 0 Å². The van der Waals surface area contributed by atoms with E-state index in [1.165, 1.54) is 11.1 Å². The molecule has 0 aliphatic carbocycles. The van der Waals surface area contributed by atoms with Crippen LogP contribution in [0.25, 0.3) is 0 Å². The fourth-order valence-corrected chi connectivity index (χ4v) is 4.08. The Balaban J connectivity index is 1.98. The summed E-state index contributed by atoms with van der Waals surface area (Å²) in [6.07, 6.45) is 1.12. The number of hydrogen-bond donors (Lipinski definition) is 1. The zero-order chi connectivity index (χ0) is 14.8. The molecular formula is C17H16Br2ClN. The Morgan fingerprint density at radius 3 is 2.52 bits per heavy atom. The van der Waals surface area contributed by atoms with Crippen LogP contribution >= 0.6 is 43.5 Å². The molecule has 4 heteroatoms. The van der Waals surface area contributed by atoms with Crippen LogP contribution in [0.5, 0.6) is 0 Å². The summed E-state index contributed by atoms with van der Waals surface area (Å²) in [4.78, 5) is 0. The largest absolute Gasteiger partial charge is 0.316 e. The first-order valence-corrected chi connectivity index (χ1v) is 9.02.